The summed E-state index contributed by atoms with van der Waals surface area (Å²) in [6.07, 6.45) is 2.06. The first-order valence-electron chi connectivity index (χ1n) is 6.37. The van der Waals surface area contributed by atoms with Crippen molar-refractivity contribution in [3.63, 3.8) is 0 Å². The quantitative estimate of drug-likeness (QED) is 0.817. The Bertz CT molecular complexity index is 508. The maximum absolute atomic E-state index is 5.88. The van der Waals surface area contributed by atoms with Crippen molar-refractivity contribution in [1.82, 2.24) is 4.98 Å². The predicted octanol–water partition coefficient (Wildman–Crippen LogP) is 3.75. The lowest BCUT2D eigenvalue weighted by Gasteiger charge is -2.15. The Morgan fingerprint density at radius 2 is 2.00 bits per heavy atom. The van der Waals surface area contributed by atoms with Gasteiger partial charge in [-0.1, -0.05) is 41.9 Å². The van der Waals surface area contributed by atoms with Crippen LogP contribution in [0.3, 0.4) is 0 Å². The summed E-state index contributed by atoms with van der Waals surface area (Å²) in [5.41, 5.74) is 7.70. The standard InChI is InChI=1S/C15H18ClN3/c1-11(7-8-12-5-3-2-4-6-12)18-15-10-13(17)9-14(16)19-15/h2-6,9-11H,7-8H2,1H3,(H3,17,18,19). The van der Waals surface area contributed by atoms with Gasteiger partial charge in [-0.25, -0.2) is 4.98 Å². The summed E-state index contributed by atoms with van der Waals surface area (Å²) < 4.78 is 0. The number of nitrogens with zero attached hydrogens (tertiary/aromatic N) is 1. The first-order chi connectivity index (χ1) is 9.13. The SMILES string of the molecule is CC(CCc1ccccc1)Nc1cc(N)cc(Cl)n1. The number of halogens is 1. The van der Waals surface area contributed by atoms with Crippen LogP contribution in [0.2, 0.25) is 5.15 Å². The molecule has 0 aliphatic rings. The van der Waals surface area contributed by atoms with E-state index in [1.807, 2.05) is 6.07 Å². The molecule has 3 N–H and O–H groups in total. The fraction of sp³-hybridized carbons (Fsp3) is 0.267. The van der Waals surface area contributed by atoms with Crippen molar-refractivity contribution >= 4 is 23.1 Å². The van der Waals surface area contributed by atoms with E-state index in [-0.39, 0.29) is 0 Å². The smallest absolute Gasteiger partial charge is 0.133 e. The van der Waals surface area contributed by atoms with E-state index >= 15 is 0 Å². The highest BCUT2D eigenvalue weighted by Gasteiger charge is 2.05. The van der Waals surface area contributed by atoms with Gasteiger partial charge in [0.05, 0.1) is 0 Å². The number of aryl methyl sites for hydroxylation is 1. The Morgan fingerprint density at radius 3 is 2.68 bits per heavy atom. The molecule has 1 aromatic heterocycles. The summed E-state index contributed by atoms with van der Waals surface area (Å²) in [5.74, 6) is 0.727. The molecule has 2 rings (SSSR count). The van der Waals surface area contributed by atoms with Gasteiger partial charge in [0.25, 0.3) is 0 Å². The Hall–Kier alpha value is -1.74. The summed E-state index contributed by atoms with van der Waals surface area (Å²) in [7, 11) is 0. The largest absolute Gasteiger partial charge is 0.399 e. The van der Waals surface area contributed by atoms with Gasteiger partial charge in [-0.3, -0.25) is 0 Å². The zero-order valence-electron chi connectivity index (χ0n) is 10.9. The molecule has 0 saturated heterocycles. The maximum Gasteiger partial charge on any atom is 0.133 e. The number of nitrogens with two attached hydrogens (primary N) is 1. The second-order valence-electron chi connectivity index (χ2n) is 4.68. The molecule has 0 bridgehead atoms. The van der Waals surface area contributed by atoms with Gasteiger partial charge in [0.1, 0.15) is 11.0 Å². The topological polar surface area (TPSA) is 50.9 Å². The molecule has 3 nitrogen and oxygen atoms in total. The van der Waals surface area contributed by atoms with Crippen molar-refractivity contribution in [2.45, 2.75) is 25.8 Å². The highest BCUT2D eigenvalue weighted by atomic mass is 35.5. The highest BCUT2D eigenvalue weighted by molar-refractivity contribution is 6.29. The molecular formula is C15H18ClN3. The van der Waals surface area contributed by atoms with Crippen molar-refractivity contribution in [1.29, 1.82) is 0 Å². The number of hydrogen-bond acceptors (Lipinski definition) is 3. The molecule has 2 aromatic rings. The lowest BCUT2D eigenvalue weighted by Crippen LogP contribution is -2.17. The molecule has 1 atom stereocenters. The number of hydrogen-bond donors (Lipinski definition) is 2. The number of rotatable bonds is 5. The van der Waals surface area contributed by atoms with Crippen LogP contribution >= 0.6 is 11.6 Å². The van der Waals surface area contributed by atoms with E-state index in [2.05, 4.69) is 41.5 Å². The fourth-order valence-corrected chi connectivity index (χ4v) is 2.16. The van der Waals surface area contributed by atoms with Crippen LogP contribution in [0.4, 0.5) is 11.5 Å². The van der Waals surface area contributed by atoms with Gasteiger partial charge >= 0.3 is 0 Å². The van der Waals surface area contributed by atoms with Gasteiger partial charge in [-0.2, -0.15) is 0 Å². The second-order valence-corrected chi connectivity index (χ2v) is 5.07. The molecule has 0 radical (unpaired) electrons. The average molecular weight is 276 g/mol. The van der Waals surface area contributed by atoms with Crippen molar-refractivity contribution in [2.75, 3.05) is 11.1 Å². The summed E-state index contributed by atoms with van der Waals surface area (Å²) in [6, 6.07) is 14.2. The van der Waals surface area contributed by atoms with Gasteiger partial charge < -0.3 is 11.1 Å². The van der Waals surface area contributed by atoms with E-state index < -0.39 is 0 Å². The summed E-state index contributed by atoms with van der Waals surface area (Å²) in [6.45, 7) is 2.13. The molecule has 0 spiro atoms. The minimum absolute atomic E-state index is 0.311. The van der Waals surface area contributed by atoms with Gasteiger partial charge in [-0.05, 0) is 31.4 Å². The monoisotopic (exact) mass is 275 g/mol. The van der Waals surface area contributed by atoms with Crippen LogP contribution in [-0.4, -0.2) is 11.0 Å². The summed E-state index contributed by atoms with van der Waals surface area (Å²) in [4.78, 5) is 4.20. The van der Waals surface area contributed by atoms with E-state index in [9.17, 15) is 0 Å². The molecule has 4 heteroatoms. The molecule has 0 aliphatic carbocycles. The number of pyridine rings is 1. The third-order valence-electron chi connectivity index (χ3n) is 2.92. The number of nitrogens with one attached hydrogen (secondary N) is 1. The molecule has 100 valence electrons. The number of nitrogen functional groups attached to an aromatic ring is 1. The van der Waals surface area contributed by atoms with Gasteiger partial charge in [-0.15, -0.1) is 0 Å². The Balaban J connectivity index is 1.89. The second kappa shape index (κ2) is 6.43. The molecule has 0 aliphatic heterocycles. The van der Waals surface area contributed by atoms with Gasteiger partial charge in [0.2, 0.25) is 0 Å². The van der Waals surface area contributed by atoms with Crippen LogP contribution in [0, 0.1) is 0 Å². The van der Waals surface area contributed by atoms with E-state index in [1.54, 1.807) is 12.1 Å². The Labute approximate surface area is 118 Å². The summed E-state index contributed by atoms with van der Waals surface area (Å²) in [5, 5.41) is 3.73. The molecule has 1 aromatic carbocycles. The molecular weight excluding hydrogens is 258 g/mol. The van der Waals surface area contributed by atoms with Crippen LogP contribution < -0.4 is 11.1 Å². The highest BCUT2D eigenvalue weighted by Crippen LogP contribution is 2.17. The fourth-order valence-electron chi connectivity index (χ4n) is 1.94. The lowest BCUT2D eigenvalue weighted by atomic mass is 10.1. The predicted molar refractivity (Wildman–Crippen MR) is 81.5 cm³/mol. The normalized spacial score (nSPS) is 12.1. The van der Waals surface area contributed by atoms with E-state index in [0.29, 0.717) is 16.9 Å². The number of anilines is 2. The molecule has 19 heavy (non-hydrogen) atoms. The molecule has 0 saturated carbocycles. The minimum atomic E-state index is 0.311. The lowest BCUT2D eigenvalue weighted by molar-refractivity contribution is 0.703. The van der Waals surface area contributed by atoms with Crippen LogP contribution in [0.15, 0.2) is 42.5 Å². The van der Waals surface area contributed by atoms with Crippen LogP contribution in [0.25, 0.3) is 0 Å². The molecule has 1 unspecified atom stereocenters. The van der Waals surface area contributed by atoms with Crippen LogP contribution in [0.1, 0.15) is 18.9 Å². The maximum atomic E-state index is 5.88. The van der Waals surface area contributed by atoms with E-state index in [1.165, 1.54) is 5.56 Å². The first kappa shape index (κ1) is 13.7. The average Bonchev–Trinajstić information content (AvgIpc) is 2.36. The number of benzene rings is 1. The van der Waals surface area contributed by atoms with Crippen LogP contribution in [0.5, 0.6) is 0 Å². The Morgan fingerprint density at radius 1 is 1.26 bits per heavy atom. The van der Waals surface area contributed by atoms with Crippen molar-refractivity contribution in [3.05, 3.63) is 53.2 Å². The Kier molecular flexibility index (Phi) is 4.63. The van der Waals surface area contributed by atoms with E-state index in [4.69, 9.17) is 17.3 Å². The molecule has 0 amide bonds. The van der Waals surface area contributed by atoms with Crippen molar-refractivity contribution in [2.24, 2.45) is 0 Å². The summed E-state index contributed by atoms with van der Waals surface area (Å²) >= 11 is 5.88. The molecule has 0 fully saturated rings. The minimum Gasteiger partial charge on any atom is -0.399 e. The van der Waals surface area contributed by atoms with Crippen molar-refractivity contribution in [3.8, 4) is 0 Å². The zero-order valence-corrected chi connectivity index (χ0v) is 11.7. The molecule has 1 heterocycles. The zero-order chi connectivity index (χ0) is 13.7. The third kappa shape index (κ3) is 4.45. The van der Waals surface area contributed by atoms with Crippen molar-refractivity contribution < 1.29 is 0 Å². The van der Waals surface area contributed by atoms with Crippen LogP contribution in [-0.2, 0) is 6.42 Å². The first-order valence-corrected chi connectivity index (χ1v) is 6.75. The number of aromatic nitrogens is 1. The van der Waals surface area contributed by atoms with E-state index in [0.717, 1.165) is 18.7 Å². The van der Waals surface area contributed by atoms with Gasteiger partial charge in [0.15, 0.2) is 0 Å². The third-order valence-corrected chi connectivity index (χ3v) is 3.11. The van der Waals surface area contributed by atoms with Gasteiger partial charge in [0, 0.05) is 17.8 Å².